The number of thiol groups is 2. The predicted octanol–water partition coefficient (Wildman–Crippen LogP) is 0.0397. The summed E-state index contributed by atoms with van der Waals surface area (Å²) in [4.78, 5) is 141. The molecular formula is C52H71N15O9S2. The zero-order valence-corrected chi connectivity index (χ0v) is 45.2. The minimum absolute atomic E-state index is 0.0577. The number of rotatable bonds is 29. The van der Waals surface area contributed by atoms with Gasteiger partial charge >= 0.3 is 6.03 Å². The van der Waals surface area contributed by atoms with Crippen molar-refractivity contribution in [2.24, 2.45) is 22.2 Å². The Morgan fingerprint density at radius 1 is 0.679 bits per heavy atom. The Hall–Kier alpha value is -7.61. The summed E-state index contributed by atoms with van der Waals surface area (Å²) in [5, 5.41) is 19.8. The maximum Gasteiger partial charge on any atom is 0.325 e. The summed E-state index contributed by atoms with van der Waals surface area (Å²) in [7, 11) is 0. The molecule has 24 nitrogen and oxygen atoms in total. The third-order valence-corrected chi connectivity index (χ3v) is 14.6. The van der Waals surface area contributed by atoms with Crippen LogP contribution in [0, 0.1) is 0 Å². The van der Waals surface area contributed by atoms with Crippen LogP contribution in [0.4, 0.5) is 4.79 Å². The van der Waals surface area contributed by atoms with Crippen molar-refractivity contribution < 1.29 is 43.2 Å². The molecule has 4 aromatic rings. The van der Waals surface area contributed by atoms with E-state index in [0.717, 1.165) is 35.1 Å². The quantitative estimate of drug-likeness (QED) is 0.0113. The van der Waals surface area contributed by atoms with Gasteiger partial charge in [0.05, 0.1) is 6.33 Å². The summed E-state index contributed by atoms with van der Waals surface area (Å²) in [6.07, 6.45) is 8.88. The van der Waals surface area contributed by atoms with E-state index in [2.05, 4.69) is 82.4 Å². The maximum absolute atomic E-state index is 14.7. The summed E-state index contributed by atoms with van der Waals surface area (Å²) in [6.45, 7) is 1.96. The highest BCUT2D eigenvalue weighted by molar-refractivity contribution is 7.80. The van der Waals surface area contributed by atoms with Gasteiger partial charge in [0.25, 0.3) is 5.91 Å². The lowest BCUT2D eigenvalue weighted by Crippen LogP contribution is -2.61. The highest BCUT2D eigenvalue weighted by Gasteiger charge is 2.54. The van der Waals surface area contributed by atoms with Gasteiger partial charge in [-0.1, -0.05) is 87.6 Å². The molecule has 15 N–H and O–H groups in total. The number of aliphatic imine (C=N–C) groups is 1. The summed E-state index contributed by atoms with van der Waals surface area (Å²) < 4.78 is 0. The summed E-state index contributed by atoms with van der Waals surface area (Å²) in [6, 6.07) is 6.07. The summed E-state index contributed by atoms with van der Waals surface area (Å²) in [5.74, 6) is -6.72. The normalized spacial score (nSPS) is 16.6. The number of hydrogen-bond donors (Lipinski definition) is 14. The number of fused-ring (bicyclic) bond motifs is 1. The number of para-hydroxylation sites is 1. The number of aromatic nitrogens is 3. The second-order valence-electron chi connectivity index (χ2n) is 19.5. The highest BCUT2D eigenvalue weighted by atomic mass is 32.1. The molecule has 10 amide bonds. The molecule has 1 aliphatic carbocycles. The molecule has 7 atom stereocenters. The van der Waals surface area contributed by atoms with Crippen molar-refractivity contribution in [3.63, 3.8) is 0 Å². The number of carbonyl (C=O) groups is 9. The molecule has 1 saturated heterocycles. The van der Waals surface area contributed by atoms with Gasteiger partial charge in [-0.05, 0) is 49.3 Å². The average molecular weight is 1110 g/mol. The van der Waals surface area contributed by atoms with Crippen molar-refractivity contribution in [2.75, 3.05) is 18.1 Å². The van der Waals surface area contributed by atoms with Gasteiger partial charge in [-0.3, -0.25) is 43.3 Å². The number of imidazole rings is 1. The van der Waals surface area contributed by atoms with Crippen LogP contribution in [0.25, 0.3) is 10.9 Å². The number of imide groups is 1. The first-order valence-electron chi connectivity index (χ1n) is 26.1. The van der Waals surface area contributed by atoms with Gasteiger partial charge in [-0.2, -0.15) is 25.3 Å². The first-order chi connectivity index (χ1) is 37.5. The van der Waals surface area contributed by atoms with Crippen LogP contribution in [0.5, 0.6) is 0 Å². The number of H-pyrrole nitrogens is 2. The molecule has 1 aliphatic heterocycles. The van der Waals surface area contributed by atoms with Crippen LogP contribution >= 0.6 is 25.3 Å². The van der Waals surface area contributed by atoms with E-state index in [0.29, 0.717) is 42.5 Å². The van der Waals surface area contributed by atoms with E-state index in [1.54, 1.807) is 36.5 Å². The van der Waals surface area contributed by atoms with Crippen molar-refractivity contribution >= 4 is 95.4 Å². The first kappa shape index (κ1) is 59.6. The van der Waals surface area contributed by atoms with Crippen LogP contribution in [0.1, 0.15) is 88.0 Å². The second-order valence-corrected chi connectivity index (χ2v) is 20.3. The van der Waals surface area contributed by atoms with Crippen LogP contribution in [-0.2, 0) is 57.6 Å². The van der Waals surface area contributed by atoms with Crippen LogP contribution in [0.3, 0.4) is 0 Å². The van der Waals surface area contributed by atoms with Gasteiger partial charge in [0, 0.05) is 66.3 Å². The molecule has 0 bridgehead atoms. The molecule has 6 rings (SSSR count). The third-order valence-electron chi connectivity index (χ3n) is 13.8. The molecule has 26 heteroatoms. The van der Waals surface area contributed by atoms with Crippen molar-refractivity contribution in [3.8, 4) is 0 Å². The van der Waals surface area contributed by atoms with Crippen molar-refractivity contribution in [3.05, 3.63) is 90.1 Å². The number of carbonyl (C=O) groups excluding carboxylic acids is 9. The maximum atomic E-state index is 14.7. The minimum atomic E-state index is -1.42. The van der Waals surface area contributed by atoms with Gasteiger partial charge in [0.15, 0.2) is 5.96 Å². The van der Waals surface area contributed by atoms with E-state index in [1.807, 2.05) is 31.2 Å². The van der Waals surface area contributed by atoms with E-state index in [4.69, 9.17) is 17.2 Å². The molecule has 2 aromatic heterocycles. The fourth-order valence-corrected chi connectivity index (χ4v) is 10.1. The van der Waals surface area contributed by atoms with Crippen molar-refractivity contribution in [1.29, 1.82) is 0 Å². The molecule has 78 heavy (non-hydrogen) atoms. The molecule has 420 valence electrons. The van der Waals surface area contributed by atoms with Crippen LogP contribution in [0.2, 0.25) is 0 Å². The largest absolute Gasteiger partial charge is 0.370 e. The van der Waals surface area contributed by atoms with E-state index in [-0.39, 0.29) is 62.5 Å². The van der Waals surface area contributed by atoms with Gasteiger partial charge in [-0.25, -0.2) is 14.7 Å². The Bertz CT molecular complexity index is 2770. The molecule has 2 aliphatic rings. The standard InChI is InChI=1S/C52H71N15O9S2/c1-2-3-18-41(67-49(75)52(66-51(67)76)19-10-5-11-20-52)48(74)65-40(28-78)47(73)63-38(24-32-26-56-29-59-32)46(72)61-36(22-30-13-6-4-7-14-30)44(70)60-35(17-12-21-57-50(54)55)43(69)62-37(45(71)64-39(27-77)42(53)68)23-31-25-58-34-16-9-8-15-33(31)34/h4,6-9,13-16,25-26,29,35-41,58,77-78H,2-3,5,10-12,17-24,27-28H2,1H3,(H2,53,68)(H,56,59)(H,60,70)(H,61,72)(H,62,69)(H,63,73)(H,64,71)(H,65,74)(H,66,76)(H4,54,55,57)/t35-,36-,37+,38-,39-,40-,41+/m1/s1. The molecule has 1 spiro atoms. The number of nitrogens with one attached hydrogen (secondary N) is 9. The lowest BCUT2D eigenvalue weighted by atomic mass is 9.81. The fourth-order valence-electron chi connectivity index (χ4n) is 9.61. The van der Waals surface area contributed by atoms with Crippen LogP contribution < -0.4 is 54.4 Å². The highest BCUT2D eigenvalue weighted by Crippen LogP contribution is 2.35. The van der Waals surface area contributed by atoms with Crippen LogP contribution in [0.15, 0.2) is 78.3 Å². The smallest absolute Gasteiger partial charge is 0.325 e. The van der Waals surface area contributed by atoms with Gasteiger partial charge in [0.1, 0.15) is 47.8 Å². The minimum Gasteiger partial charge on any atom is -0.370 e. The Morgan fingerprint density at radius 2 is 1.26 bits per heavy atom. The molecule has 1 saturated carbocycles. The monoisotopic (exact) mass is 1110 g/mol. The lowest BCUT2D eigenvalue weighted by Gasteiger charge is -2.32. The van der Waals surface area contributed by atoms with E-state index in [9.17, 15) is 43.2 Å². The number of benzene rings is 2. The van der Waals surface area contributed by atoms with E-state index >= 15 is 0 Å². The number of amides is 10. The molecule has 0 unspecified atom stereocenters. The molecule has 3 heterocycles. The van der Waals surface area contributed by atoms with Gasteiger partial charge in [-0.15, -0.1) is 0 Å². The average Bonchev–Trinajstić information content (AvgIpc) is 4.30. The number of unbranched alkanes of at least 4 members (excludes halogenated alkanes) is 1. The number of nitrogens with zero attached hydrogens (tertiary/aromatic N) is 3. The Morgan fingerprint density at radius 3 is 1.87 bits per heavy atom. The predicted molar refractivity (Wildman–Crippen MR) is 297 cm³/mol. The molecular weight excluding hydrogens is 1040 g/mol. The van der Waals surface area contributed by atoms with Gasteiger partial charge < -0.3 is 64.4 Å². The Kier molecular flexibility index (Phi) is 21.9. The molecule has 2 fully saturated rings. The zero-order valence-electron chi connectivity index (χ0n) is 43.4. The number of hydrogen-bond acceptors (Lipinski definition) is 13. The SMILES string of the molecule is CCCC[C@@H](C(=O)N[C@H](CS)C(=O)N[C@H](Cc1cnc[nH]1)C(=O)N[C@H](Cc1ccccc1)C(=O)N[C@H](CCCN=C(N)N)C(=O)N[C@@H](Cc1c[nH]c2ccccc12)C(=O)N[C@H](CS)C(N)=O)N1C(=O)NC2(CCCCC2)C1=O. The number of guanidine groups is 1. The zero-order chi connectivity index (χ0) is 56.4. The fraction of sp³-hybridized carbons (Fsp3) is 0.481. The first-order valence-corrected chi connectivity index (χ1v) is 27.3. The molecule has 2 aromatic carbocycles. The van der Waals surface area contributed by atoms with Crippen molar-refractivity contribution in [1.82, 2.24) is 57.1 Å². The lowest BCUT2D eigenvalue weighted by molar-refractivity contribution is -0.140. The molecule has 0 radical (unpaired) electrons. The second kappa shape index (κ2) is 28.7. The third kappa shape index (κ3) is 16.0. The Labute approximate surface area is 462 Å². The number of urea groups is 1. The number of primary amides is 1. The van der Waals surface area contributed by atoms with E-state index in [1.165, 1.54) is 12.5 Å². The Balaban J connectivity index is 1.24. The van der Waals surface area contributed by atoms with Crippen LogP contribution in [-0.4, -0.2) is 145 Å². The van der Waals surface area contributed by atoms with Crippen molar-refractivity contribution in [2.45, 2.75) is 138 Å². The number of aromatic amines is 2. The number of nitrogens with two attached hydrogens (primary N) is 3. The summed E-state index contributed by atoms with van der Waals surface area (Å²) >= 11 is 8.53. The van der Waals surface area contributed by atoms with E-state index < -0.39 is 101 Å². The van der Waals surface area contributed by atoms with Gasteiger partial charge in [0.2, 0.25) is 41.4 Å². The topological polar surface area (TPSA) is 376 Å². The summed E-state index contributed by atoms with van der Waals surface area (Å²) in [5.41, 5.74) is 18.1.